The van der Waals surface area contributed by atoms with Crippen molar-refractivity contribution in [1.29, 1.82) is 0 Å². The summed E-state index contributed by atoms with van der Waals surface area (Å²) in [5.74, 6) is 0.529. The molecule has 0 radical (unpaired) electrons. The SMILES string of the molecule is COc1ccc(CC(=O)NC(CC(=O)NC(C)c2ccccc2)Cc2ccc(Br)cc2)cc1. The first kappa shape index (κ1) is 24.5. The molecule has 0 aliphatic rings. The van der Waals surface area contributed by atoms with E-state index < -0.39 is 0 Å². The number of benzene rings is 3. The van der Waals surface area contributed by atoms with Gasteiger partial charge in [0.1, 0.15) is 5.75 Å². The van der Waals surface area contributed by atoms with Crippen LogP contribution in [0.5, 0.6) is 5.75 Å². The number of ether oxygens (including phenoxy) is 1. The number of hydrogen-bond donors (Lipinski definition) is 2. The van der Waals surface area contributed by atoms with E-state index in [4.69, 9.17) is 4.74 Å². The summed E-state index contributed by atoms with van der Waals surface area (Å²) in [5, 5.41) is 6.10. The molecule has 3 aromatic carbocycles. The molecule has 0 bridgehead atoms. The first-order valence-corrected chi connectivity index (χ1v) is 11.7. The summed E-state index contributed by atoms with van der Waals surface area (Å²) in [6, 6.07) is 24.7. The number of hydrogen-bond acceptors (Lipinski definition) is 3. The van der Waals surface area contributed by atoms with Crippen molar-refractivity contribution in [2.75, 3.05) is 7.11 Å². The van der Waals surface area contributed by atoms with Gasteiger partial charge >= 0.3 is 0 Å². The Morgan fingerprint density at radius 3 is 2.12 bits per heavy atom. The number of nitrogens with one attached hydrogen (secondary N) is 2. The first-order valence-electron chi connectivity index (χ1n) is 10.9. The monoisotopic (exact) mass is 508 g/mol. The lowest BCUT2D eigenvalue weighted by Crippen LogP contribution is -2.41. The van der Waals surface area contributed by atoms with Crippen LogP contribution in [-0.2, 0) is 22.4 Å². The van der Waals surface area contributed by atoms with Gasteiger partial charge in [-0.05, 0) is 54.3 Å². The number of halogens is 1. The number of rotatable bonds is 10. The van der Waals surface area contributed by atoms with Gasteiger partial charge in [0.2, 0.25) is 11.8 Å². The number of amides is 2. The summed E-state index contributed by atoms with van der Waals surface area (Å²) in [5.41, 5.74) is 2.98. The average Bonchev–Trinajstić information content (AvgIpc) is 2.81. The summed E-state index contributed by atoms with van der Waals surface area (Å²) in [6.07, 6.45) is 0.999. The fourth-order valence-electron chi connectivity index (χ4n) is 3.64. The van der Waals surface area contributed by atoms with Crippen LogP contribution in [0.15, 0.2) is 83.3 Å². The standard InChI is InChI=1S/C27H29BrN2O3/c1-19(22-6-4-3-5-7-22)29-27(32)18-24(16-20-8-12-23(28)13-9-20)30-26(31)17-21-10-14-25(33-2)15-11-21/h3-15,19,24H,16-18H2,1-2H3,(H,29,32)(H,30,31). The molecule has 2 unspecified atom stereocenters. The minimum atomic E-state index is -0.320. The van der Waals surface area contributed by atoms with E-state index in [9.17, 15) is 9.59 Å². The van der Waals surface area contributed by atoms with E-state index in [1.807, 2.05) is 85.8 Å². The second-order valence-corrected chi connectivity index (χ2v) is 8.94. The normalized spacial score (nSPS) is 12.5. The van der Waals surface area contributed by atoms with Crippen LogP contribution < -0.4 is 15.4 Å². The van der Waals surface area contributed by atoms with Gasteiger partial charge < -0.3 is 15.4 Å². The van der Waals surface area contributed by atoms with E-state index in [0.29, 0.717) is 6.42 Å². The fourth-order valence-corrected chi connectivity index (χ4v) is 3.90. The molecule has 2 N–H and O–H groups in total. The van der Waals surface area contributed by atoms with Crippen molar-refractivity contribution in [3.63, 3.8) is 0 Å². The molecule has 6 heteroatoms. The van der Waals surface area contributed by atoms with E-state index in [-0.39, 0.29) is 36.7 Å². The van der Waals surface area contributed by atoms with Gasteiger partial charge in [-0.3, -0.25) is 9.59 Å². The maximum absolute atomic E-state index is 12.8. The molecule has 2 atom stereocenters. The molecule has 0 heterocycles. The van der Waals surface area contributed by atoms with Crippen LogP contribution >= 0.6 is 15.9 Å². The molecule has 172 valence electrons. The van der Waals surface area contributed by atoms with Gasteiger partial charge in [0.05, 0.1) is 19.6 Å². The Bertz CT molecular complexity index is 1040. The Balaban J connectivity index is 1.64. The van der Waals surface area contributed by atoms with Gasteiger partial charge in [-0.1, -0.05) is 70.5 Å². The number of carbonyl (C=O) groups excluding carboxylic acids is 2. The first-order chi connectivity index (χ1) is 15.9. The minimum absolute atomic E-state index is 0.0989. The van der Waals surface area contributed by atoms with Crippen molar-refractivity contribution in [1.82, 2.24) is 10.6 Å². The van der Waals surface area contributed by atoms with Crippen molar-refractivity contribution in [3.05, 3.63) is 100 Å². The number of methoxy groups -OCH3 is 1. The molecule has 0 saturated heterocycles. The fraction of sp³-hybridized carbons (Fsp3) is 0.259. The highest BCUT2D eigenvalue weighted by atomic mass is 79.9. The molecule has 3 aromatic rings. The molecule has 0 aromatic heterocycles. The zero-order chi connectivity index (χ0) is 23.6. The van der Waals surface area contributed by atoms with E-state index in [1.165, 1.54) is 0 Å². The van der Waals surface area contributed by atoms with E-state index in [2.05, 4.69) is 26.6 Å². The number of carbonyl (C=O) groups is 2. The third kappa shape index (κ3) is 8.06. The highest BCUT2D eigenvalue weighted by Gasteiger charge is 2.19. The lowest BCUT2D eigenvalue weighted by atomic mass is 10.0. The van der Waals surface area contributed by atoms with Crippen molar-refractivity contribution >= 4 is 27.7 Å². The molecular formula is C27H29BrN2O3. The molecular weight excluding hydrogens is 480 g/mol. The van der Waals surface area contributed by atoms with Gasteiger partial charge in [-0.2, -0.15) is 0 Å². The van der Waals surface area contributed by atoms with Gasteiger partial charge in [0.15, 0.2) is 0 Å². The Morgan fingerprint density at radius 1 is 0.848 bits per heavy atom. The molecule has 2 amide bonds. The van der Waals surface area contributed by atoms with E-state index >= 15 is 0 Å². The molecule has 0 aliphatic heterocycles. The summed E-state index contributed by atoms with van der Waals surface area (Å²) in [7, 11) is 1.61. The average molecular weight is 509 g/mol. The lowest BCUT2D eigenvalue weighted by molar-refractivity contribution is -0.123. The van der Waals surface area contributed by atoms with Crippen molar-refractivity contribution in [2.24, 2.45) is 0 Å². The maximum atomic E-state index is 12.8. The van der Waals surface area contributed by atoms with Gasteiger partial charge in [-0.25, -0.2) is 0 Å². The second kappa shape index (κ2) is 12.2. The topological polar surface area (TPSA) is 67.4 Å². The zero-order valence-electron chi connectivity index (χ0n) is 18.9. The predicted molar refractivity (Wildman–Crippen MR) is 134 cm³/mol. The lowest BCUT2D eigenvalue weighted by Gasteiger charge is -2.21. The summed E-state index contributed by atoms with van der Waals surface area (Å²) in [6.45, 7) is 1.96. The van der Waals surface area contributed by atoms with Gasteiger partial charge in [-0.15, -0.1) is 0 Å². The van der Waals surface area contributed by atoms with Crippen LogP contribution in [0.25, 0.3) is 0 Å². The predicted octanol–water partition coefficient (Wildman–Crippen LogP) is 5.00. The van der Waals surface area contributed by atoms with Gasteiger partial charge in [0.25, 0.3) is 0 Å². The van der Waals surface area contributed by atoms with Crippen LogP contribution in [0.2, 0.25) is 0 Å². The van der Waals surface area contributed by atoms with Crippen LogP contribution in [0, 0.1) is 0 Å². The molecule has 5 nitrogen and oxygen atoms in total. The van der Waals surface area contributed by atoms with Gasteiger partial charge in [0, 0.05) is 16.9 Å². The van der Waals surface area contributed by atoms with Crippen molar-refractivity contribution in [3.8, 4) is 5.75 Å². The summed E-state index contributed by atoms with van der Waals surface area (Å²) in [4.78, 5) is 25.6. The van der Waals surface area contributed by atoms with Crippen LogP contribution in [-0.4, -0.2) is 25.0 Å². The minimum Gasteiger partial charge on any atom is -0.497 e. The Kier molecular flexibility index (Phi) is 9.07. The Morgan fingerprint density at radius 2 is 1.48 bits per heavy atom. The second-order valence-electron chi connectivity index (χ2n) is 8.02. The Labute approximate surface area is 203 Å². The van der Waals surface area contributed by atoms with Crippen LogP contribution in [0.3, 0.4) is 0 Å². The van der Waals surface area contributed by atoms with Crippen LogP contribution in [0.4, 0.5) is 0 Å². The summed E-state index contributed by atoms with van der Waals surface area (Å²) < 4.78 is 6.16. The summed E-state index contributed by atoms with van der Waals surface area (Å²) >= 11 is 3.45. The van der Waals surface area contributed by atoms with Crippen molar-refractivity contribution < 1.29 is 14.3 Å². The largest absolute Gasteiger partial charge is 0.497 e. The highest BCUT2D eigenvalue weighted by Crippen LogP contribution is 2.16. The zero-order valence-corrected chi connectivity index (χ0v) is 20.5. The molecule has 0 spiro atoms. The van der Waals surface area contributed by atoms with E-state index in [0.717, 1.165) is 26.9 Å². The molecule has 33 heavy (non-hydrogen) atoms. The third-order valence-electron chi connectivity index (χ3n) is 5.39. The molecule has 0 fully saturated rings. The Hall–Kier alpha value is -3.12. The third-order valence-corrected chi connectivity index (χ3v) is 5.92. The highest BCUT2D eigenvalue weighted by molar-refractivity contribution is 9.10. The molecule has 0 saturated carbocycles. The van der Waals surface area contributed by atoms with Crippen molar-refractivity contribution in [2.45, 2.75) is 38.3 Å². The molecule has 3 rings (SSSR count). The molecule has 0 aliphatic carbocycles. The van der Waals surface area contributed by atoms with Crippen LogP contribution in [0.1, 0.15) is 36.1 Å². The quantitative estimate of drug-likeness (QED) is 0.405. The van der Waals surface area contributed by atoms with E-state index in [1.54, 1.807) is 7.11 Å². The smallest absolute Gasteiger partial charge is 0.224 e. The maximum Gasteiger partial charge on any atom is 0.224 e.